The lowest BCUT2D eigenvalue weighted by Gasteiger charge is -2.36. The number of fused-ring (bicyclic) bond motifs is 2. The van der Waals surface area contributed by atoms with E-state index in [1.54, 1.807) is 4.90 Å². The number of ether oxygens (including phenoxy) is 3. The van der Waals surface area contributed by atoms with Crippen LogP contribution in [-0.4, -0.2) is 86.7 Å². The Hall–Kier alpha value is -4.57. The minimum atomic E-state index is -0.669. The van der Waals surface area contributed by atoms with E-state index in [1.807, 2.05) is 77.5 Å². The Bertz CT molecular complexity index is 2080. The molecule has 1 fully saturated rings. The molecule has 3 heterocycles. The molecule has 0 bridgehead atoms. The van der Waals surface area contributed by atoms with Gasteiger partial charge >= 0.3 is 12.1 Å². The molecular formula is C45H61N5O5. The minimum absolute atomic E-state index is 0.269. The predicted molar refractivity (Wildman–Crippen MR) is 219 cm³/mol. The number of carbonyl (C=O) groups is 2. The maximum atomic E-state index is 14.6. The molecule has 1 aliphatic carbocycles. The molecule has 0 spiro atoms. The van der Waals surface area contributed by atoms with Crippen molar-refractivity contribution >= 4 is 28.4 Å². The molecule has 2 aliphatic rings. The van der Waals surface area contributed by atoms with Gasteiger partial charge in [0.05, 0.1) is 18.0 Å². The molecule has 0 radical (unpaired) electrons. The Morgan fingerprint density at radius 2 is 1.55 bits per heavy atom. The van der Waals surface area contributed by atoms with Crippen molar-refractivity contribution in [3.63, 3.8) is 0 Å². The third-order valence-corrected chi connectivity index (χ3v) is 10.9. The summed E-state index contributed by atoms with van der Waals surface area (Å²) < 4.78 is 22.5. The van der Waals surface area contributed by atoms with E-state index < -0.39 is 11.2 Å². The van der Waals surface area contributed by atoms with Crippen LogP contribution in [0, 0.1) is 19.8 Å². The predicted octanol–water partition coefficient (Wildman–Crippen LogP) is 8.53. The summed E-state index contributed by atoms with van der Waals surface area (Å²) in [5, 5.41) is 7.09. The summed E-state index contributed by atoms with van der Waals surface area (Å²) in [5.74, 6) is 0.843. The third-order valence-electron chi connectivity index (χ3n) is 10.9. The Morgan fingerprint density at radius 1 is 0.873 bits per heavy atom. The van der Waals surface area contributed by atoms with Gasteiger partial charge < -0.3 is 23.7 Å². The van der Waals surface area contributed by atoms with E-state index in [2.05, 4.69) is 55.4 Å². The second-order valence-electron chi connectivity index (χ2n) is 17.4. The standard InChI is InChI=1S/C45H61N5O5/c1-29-28-36-35(19-15-27-53-37-20-14-17-33-16-12-13-18-34(33)37)41(42(51)54-44(5,6)7)50(40(36)38(30(29)2)39-31(3)46-47(11)32(39)4)26-23-48-21-24-49(25-22-48)43(52)55-45(8,9)10/h12-14,16-18,20,29H,15,19,21-28H2,1-11H3. The molecule has 55 heavy (non-hydrogen) atoms. The average molecular weight is 752 g/mol. The van der Waals surface area contributed by atoms with Crippen LogP contribution in [0.25, 0.3) is 16.3 Å². The van der Waals surface area contributed by atoms with Crippen LogP contribution in [0.2, 0.25) is 0 Å². The number of nitrogens with zero attached hydrogens (tertiary/aromatic N) is 5. The van der Waals surface area contributed by atoms with Gasteiger partial charge in [0.15, 0.2) is 0 Å². The van der Waals surface area contributed by atoms with Gasteiger partial charge in [-0.2, -0.15) is 5.10 Å². The fourth-order valence-corrected chi connectivity index (χ4v) is 8.10. The Balaban J connectivity index is 1.38. The van der Waals surface area contributed by atoms with E-state index in [-0.39, 0.29) is 18.0 Å². The zero-order chi connectivity index (χ0) is 39.8. The summed E-state index contributed by atoms with van der Waals surface area (Å²) in [6.45, 7) is 24.7. The first kappa shape index (κ1) is 40.1. The zero-order valence-corrected chi connectivity index (χ0v) is 35.0. The fraction of sp³-hybridized carbons (Fsp3) is 0.533. The first-order valence-electron chi connectivity index (χ1n) is 19.9. The zero-order valence-electron chi connectivity index (χ0n) is 35.0. The lowest BCUT2D eigenvalue weighted by Crippen LogP contribution is -2.50. The summed E-state index contributed by atoms with van der Waals surface area (Å²) in [4.78, 5) is 31.6. The van der Waals surface area contributed by atoms with Crippen molar-refractivity contribution in [2.24, 2.45) is 13.0 Å². The smallest absolute Gasteiger partial charge is 0.410 e. The molecule has 2 aromatic carbocycles. The highest BCUT2D eigenvalue weighted by molar-refractivity contribution is 5.95. The lowest BCUT2D eigenvalue weighted by molar-refractivity contribution is 0.00500. The highest BCUT2D eigenvalue weighted by Gasteiger charge is 2.37. The number of piperazine rings is 1. The van der Waals surface area contributed by atoms with Crippen LogP contribution >= 0.6 is 0 Å². The molecule has 4 aromatic rings. The molecule has 1 saturated heterocycles. The highest BCUT2D eigenvalue weighted by Crippen LogP contribution is 2.45. The molecule has 1 atom stereocenters. The number of amides is 1. The summed E-state index contributed by atoms with van der Waals surface area (Å²) in [6.07, 6.45) is 1.97. The quantitative estimate of drug-likeness (QED) is 0.119. The van der Waals surface area contributed by atoms with Crippen LogP contribution in [0.3, 0.4) is 0 Å². The van der Waals surface area contributed by atoms with E-state index >= 15 is 0 Å². The molecular weight excluding hydrogens is 691 g/mol. The molecule has 10 nitrogen and oxygen atoms in total. The second kappa shape index (κ2) is 15.9. The van der Waals surface area contributed by atoms with Gasteiger partial charge in [-0.15, -0.1) is 0 Å². The number of aromatic nitrogens is 3. The summed E-state index contributed by atoms with van der Waals surface area (Å²) >= 11 is 0. The number of carbonyl (C=O) groups excluding carboxylic acids is 2. The van der Waals surface area contributed by atoms with Crippen molar-refractivity contribution in [1.82, 2.24) is 24.1 Å². The van der Waals surface area contributed by atoms with Crippen molar-refractivity contribution in [1.29, 1.82) is 0 Å². The number of benzene rings is 2. The number of allylic oxidation sites excluding steroid dienone is 1. The van der Waals surface area contributed by atoms with Gasteiger partial charge in [0, 0.05) is 68.5 Å². The molecule has 1 aliphatic heterocycles. The first-order valence-corrected chi connectivity index (χ1v) is 19.9. The fourth-order valence-electron chi connectivity index (χ4n) is 8.10. The Morgan fingerprint density at radius 3 is 2.20 bits per heavy atom. The molecule has 6 rings (SSSR count). The molecule has 0 saturated carbocycles. The number of aryl methyl sites for hydroxylation is 2. The number of rotatable bonds is 10. The topological polar surface area (TPSA) is 91.1 Å². The van der Waals surface area contributed by atoms with E-state index in [1.165, 1.54) is 16.7 Å². The van der Waals surface area contributed by atoms with Crippen LogP contribution in [0.4, 0.5) is 4.79 Å². The van der Waals surface area contributed by atoms with E-state index in [0.717, 1.165) is 77.2 Å². The summed E-state index contributed by atoms with van der Waals surface area (Å²) in [5.41, 5.74) is 8.50. The maximum Gasteiger partial charge on any atom is 0.410 e. The Labute approximate surface area is 327 Å². The molecule has 0 N–H and O–H groups in total. The molecule has 1 amide bonds. The molecule has 1 unspecified atom stereocenters. The van der Waals surface area contributed by atoms with Gasteiger partial charge in [-0.05, 0) is 110 Å². The van der Waals surface area contributed by atoms with Crippen LogP contribution in [-0.2, 0) is 35.9 Å². The SMILES string of the molecule is CC1=C(c2c(C)nn(C)c2C)c2c(c(CCCOc3cccc4ccccc34)c(C(=O)OC(C)(C)C)n2CCN2CCN(C(=O)OC(C)(C)C)CC2)CC1C. The first-order chi connectivity index (χ1) is 25.9. The average Bonchev–Trinajstić information content (AvgIpc) is 3.55. The monoisotopic (exact) mass is 751 g/mol. The summed E-state index contributed by atoms with van der Waals surface area (Å²) in [7, 11) is 2.00. The van der Waals surface area contributed by atoms with Gasteiger partial charge in [-0.25, -0.2) is 9.59 Å². The lowest BCUT2D eigenvalue weighted by atomic mass is 9.78. The summed E-state index contributed by atoms with van der Waals surface area (Å²) in [6, 6.07) is 14.4. The highest BCUT2D eigenvalue weighted by atomic mass is 16.6. The van der Waals surface area contributed by atoms with Gasteiger partial charge in [0.2, 0.25) is 0 Å². The molecule has 296 valence electrons. The van der Waals surface area contributed by atoms with E-state index in [0.29, 0.717) is 38.4 Å². The molecule has 2 aromatic heterocycles. The third kappa shape index (κ3) is 8.80. The number of hydrogen-bond donors (Lipinski definition) is 0. The minimum Gasteiger partial charge on any atom is -0.493 e. The number of esters is 1. The van der Waals surface area contributed by atoms with Gasteiger partial charge in [-0.3, -0.25) is 9.58 Å². The largest absolute Gasteiger partial charge is 0.493 e. The van der Waals surface area contributed by atoms with Crippen molar-refractivity contribution in [2.45, 2.75) is 106 Å². The van der Waals surface area contributed by atoms with Crippen LogP contribution in [0.1, 0.15) is 106 Å². The molecule has 10 heteroatoms. The van der Waals surface area contributed by atoms with E-state index in [9.17, 15) is 9.59 Å². The van der Waals surface area contributed by atoms with Crippen LogP contribution in [0.5, 0.6) is 5.75 Å². The number of hydrogen-bond acceptors (Lipinski definition) is 7. The van der Waals surface area contributed by atoms with Gasteiger partial charge in [0.1, 0.15) is 22.6 Å². The van der Waals surface area contributed by atoms with Gasteiger partial charge in [-0.1, -0.05) is 48.9 Å². The second-order valence-corrected chi connectivity index (χ2v) is 17.4. The normalized spacial score (nSPS) is 16.8. The maximum absolute atomic E-state index is 14.6. The van der Waals surface area contributed by atoms with Crippen molar-refractivity contribution in [3.8, 4) is 5.75 Å². The van der Waals surface area contributed by atoms with Crippen molar-refractivity contribution in [2.75, 3.05) is 39.3 Å². The van der Waals surface area contributed by atoms with Gasteiger partial charge in [0.25, 0.3) is 0 Å². The Kier molecular flexibility index (Phi) is 11.6. The van der Waals surface area contributed by atoms with Crippen molar-refractivity contribution < 1.29 is 23.8 Å². The van der Waals surface area contributed by atoms with E-state index in [4.69, 9.17) is 19.3 Å². The van der Waals surface area contributed by atoms with Crippen LogP contribution in [0.15, 0.2) is 48.0 Å². The van der Waals surface area contributed by atoms with Crippen LogP contribution < -0.4 is 4.74 Å². The van der Waals surface area contributed by atoms with Crippen molar-refractivity contribution in [3.05, 3.63) is 87.5 Å².